The number of hydrogen-bond acceptors (Lipinski definition) is 8. The van der Waals surface area contributed by atoms with Crippen molar-refractivity contribution in [1.29, 1.82) is 0 Å². The van der Waals surface area contributed by atoms with Crippen LogP contribution < -0.4 is 5.56 Å². The molecule has 1 N–H and O–H groups in total. The van der Waals surface area contributed by atoms with E-state index in [-0.39, 0.29) is 23.0 Å². The van der Waals surface area contributed by atoms with Crippen molar-refractivity contribution in [2.24, 2.45) is 0 Å². The number of fused-ring (bicyclic) bond motifs is 1. The number of nitrogens with zero attached hydrogens (tertiary/aromatic N) is 3. The molecule has 0 amide bonds. The van der Waals surface area contributed by atoms with Crippen molar-refractivity contribution in [2.75, 3.05) is 0 Å². The van der Waals surface area contributed by atoms with E-state index in [4.69, 9.17) is 9.15 Å². The van der Waals surface area contributed by atoms with Gasteiger partial charge in [0, 0.05) is 34.7 Å². The first-order valence-electron chi connectivity index (χ1n) is 8.83. The van der Waals surface area contributed by atoms with E-state index in [1.807, 2.05) is 0 Å². The van der Waals surface area contributed by atoms with Crippen LogP contribution in [-0.4, -0.2) is 26.1 Å². The third kappa shape index (κ3) is 3.65. The number of rotatable bonds is 5. The van der Waals surface area contributed by atoms with Crippen LogP contribution in [0.3, 0.4) is 0 Å². The van der Waals surface area contributed by atoms with Crippen molar-refractivity contribution in [3.8, 4) is 11.5 Å². The molecule has 0 saturated heterocycles. The molecule has 0 bridgehead atoms. The maximum absolute atomic E-state index is 12.6. The van der Waals surface area contributed by atoms with Crippen LogP contribution in [0.15, 0.2) is 63.8 Å². The molecular weight excluding hydrogens is 392 g/mol. The summed E-state index contributed by atoms with van der Waals surface area (Å²) >= 11 is 0. The number of nitrogens with one attached hydrogen (secondary N) is 1. The second kappa shape index (κ2) is 7.59. The summed E-state index contributed by atoms with van der Waals surface area (Å²) in [7, 11) is 0. The number of aromatic nitrogens is 3. The van der Waals surface area contributed by atoms with Crippen molar-refractivity contribution in [3.05, 3.63) is 86.5 Å². The number of esters is 1. The number of carbonyl (C=O) groups excluding carboxylic acids is 1. The largest absolute Gasteiger partial charge is 0.449 e. The molecule has 0 aliphatic carbocycles. The number of H-pyrrole nitrogens is 1. The van der Waals surface area contributed by atoms with Gasteiger partial charge in [-0.2, -0.15) is 0 Å². The van der Waals surface area contributed by atoms with Gasteiger partial charge in [-0.25, -0.2) is 4.79 Å². The lowest BCUT2D eigenvalue weighted by Gasteiger charge is -2.10. The SMILES string of the molecule is C[C@H](OC(=O)c1cc(=O)[nH]c2ccccc12)c1nnc(-c2ccc([N+](=O)[O-])cc2)o1. The van der Waals surface area contributed by atoms with Crippen LogP contribution in [0.5, 0.6) is 0 Å². The zero-order chi connectivity index (χ0) is 21.3. The van der Waals surface area contributed by atoms with Crippen molar-refractivity contribution in [2.45, 2.75) is 13.0 Å². The minimum atomic E-state index is -0.880. The summed E-state index contributed by atoms with van der Waals surface area (Å²) in [4.78, 5) is 37.4. The van der Waals surface area contributed by atoms with Crippen LogP contribution in [0.25, 0.3) is 22.4 Å². The Morgan fingerprint density at radius 3 is 2.63 bits per heavy atom. The van der Waals surface area contributed by atoms with Crippen molar-refractivity contribution < 1.29 is 18.9 Å². The van der Waals surface area contributed by atoms with Crippen LogP contribution in [0, 0.1) is 10.1 Å². The number of benzene rings is 2. The van der Waals surface area contributed by atoms with Gasteiger partial charge in [0.05, 0.1) is 10.5 Å². The average molecular weight is 406 g/mol. The van der Waals surface area contributed by atoms with Crippen LogP contribution in [0.2, 0.25) is 0 Å². The minimum absolute atomic E-state index is 0.0471. The zero-order valence-electron chi connectivity index (χ0n) is 15.6. The number of carbonyl (C=O) groups is 1. The van der Waals surface area contributed by atoms with E-state index in [2.05, 4.69) is 15.2 Å². The number of aromatic amines is 1. The Morgan fingerprint density at radius 2 is 1.90 bits per heavy atom. The van der Waals surface area contributed by atoms with Crippen LogP contribution in [0.1, 0.15) is 29.3 Å². The number of para-hydroxylation sites is 1. The number of non-ortho nitro benzene ring substituents is 1. The topological polar surface area (TPSA) is 141 Å². The van der Waals surface area contributed by atoms with Crippen molar-refractivity contribution >= 4 is 22.6 Å². The number of ether oxygens (including phenoxy) is 1. The monoisotopic (exact) mass is 406 g/mol. The molecule has 30 heavy (non-hydrogen) atoms. The molecule has 1 atom stereocenters. The summed E-state index contributed by atoms with van der Waals surface area (Å²) in [6.45, 7) is 1.56. The highest BCUT2D eigenvalue weighted by molar-refractivity contribution is 6.03. The number of pyridine rings is 1. The maximum Gasteiger partial charge on any atom is 0.339 e. The predicted molar refractivity (Wildman–Crippen MR) is 105 cm³/mol. The minimum Gasteiger partial charge on any atom is -0.449 e. The van der Waals surface area contributed by atoms with Crippen molar-refractivity contribution in [3.63, 3.8) is 0 Å². The summed E-state index contributed by atoms with van der Waals surface area (Å²) in [5.41, 5.74) is 0.634. The van der Waals surface area contributed by atoms with Crippen LogP contribution in [0.4, 0.5) is 5.69 Å². The first-order chi connectivity index (χ1) is 14.4. The van der Waals surface area contributed by atoms with Crippen LogP contribution in [-0.2, 0) is 4.74 Å². The van der Waals surface area contributed by atoms with Gasteiger partial charge >= 0.3 is 5.97 Å². The lowest BCUT2D eigenvalue weighted by Crippen LogP contribution is -2.14. The molecule has 2 aromatic heterocycles. The van der Waals surface area contributed by atoms with E-state index in [0.717, 1.165) is 0 Å². The molecule has 0 saturated carbocycles. The zero-order valence-corrected chi connectivity index (χ0v) is 15.6. The van der Waals surface area contributed by atoms with Gasteiger partial charge in [0.25, 0.3) is 11.6 Å². The summed E-state index contributed by atoms with van der Waals surface area (Å²) in [6.07, 6.45) is -0.880. The highest BCUT2D eigenvalue weighted by Gasteiger charge is 2.22. The van der Waals surface area contributed by atoms with Gasteiger partial charge in [-0.15, -0.1) is 10.2 Å². The summed E-state index contributed by atoms with van der Waals surface area (Å²) < 4.78 is 11.0. The summed E-state index contributed by atoms with van der Waals surface area (Å²) in [5, 5.41) is 19.1. The lowest BCUT2D eigenvalue weighted by molar-refractivity contribution is -0.384. The molecule has 4 rings (SSSR count). The van der Waals surface area contributed by atoms with E-state index in [0.29, 0.717) is 16.5 Å². The van der Waals surface area contributed by atoms with Crippen molar-refractivity contribution in [1.82, 2.24) is 15.2 Å². The molecule has 4 aromatic rings. The second-order valence-electron chi connectivity index (χ2n) is 6.39. The molecule has 0 aliphatic rings. The molecule has 0 spiro atoms. The van der Waals surface area contributed by atoms with Gasteiger partial charge in [0.15, 0.2) is 6.10 Å². The Labute approximate surface area is 168 Å². The standard InChI is InChI=1S/C20H14N4O6/c1-11(18-22-23-19(30-18)12-6-8-13(9-7-12)24(27)28)29-20(26)15-10-17(25)21-16-5-3-2-4-14(15)16/h2-11H,1H3,(H,21,25)/t11-/m0/s1. The van der Waals surface area contributed by atoms with Gasteiger partial charge in [-0.1, -0.05) is 18.2 Å². The molecule has 0 radical (unpaired) electrons. The average Bonchev–Trinajstić information content (AvgIpc) is 3.23. The second-order valence-corrected chi connectivity index (χ2v) is 6.39. The number of nitro benzene ring substituents is 1. The highest BCUT2D eigenvalue weighted by atomic mass is 16.6. The van der Waals surface area contributed by atoms with Gasteiger partial charge in [-0.3, -0.25) is 14.9 Å². The Morgan fingerprint density at radius 1 is 1.17 bits per heavy atom. The van der Waals surface area contributed by atoms with Gasteiger partial charge in [0.2, 0.25) is 11.4 Å². The Kier molecular flexibility index (Phi) is 4.80. The molecule has 10 heteroatoms. The van der Waals surface area contributed by atoms with E-state index >= 15 is 0 Å². The predicted octanol–water partition coefficient (Wildman–Crippen LogP) is 3.40. The van der Waals surface area contributed by atoms with Gasteiger partial charge in [-0.05, 0) is 25.1 Å². The third-order valence-electron chi connectivity index (χ3n) is 4.37. The van der Waals surface area contributed by atoms with Crippen LogP contribution >= 0.6 is 0 Å². The third-order valence-corrected chi connectivity index (χ3v) is 4.37. The normalized spacial score (nSPS) is 11.9. The highest BCUT2D eigenvalue weighted by Crippen LogP contribution is 2.25. The fourth-order valence-corrected chi connectivity index (χ4v) is 2.89. The van der Waals surface area contributed by atoms with E-state index < -0.39 is 22.6 Å². The molecule has 2 heterocycles. The molecule has 2 aromatic carbocycles. The molecule has 0 aliphatic heterocycles. The fraction of sp³-hybridized carbons (Fsp3) is 0.100. The quantitative estimate of drug-likeness (QED) is 0.302. The first kappa shape index (κ1) is 19.0. The van der Waals surface area contributed by atoms with E-state index in [9.17, 15) is 19.7 Å². The fourth-order valence-electron chi connectivity index (χ4n) is 2.89. The summed E-state index contributed by atoms with van der Waals surface area (Å²) in [6, 6.07) is 13.7. The number of nitro groups is 1. The maximum atomic E-state index is 12.6. The Balaban J connectivity index is 1.55. The molecule has 0 fully saturated rings. The summed E-state index contributed by atoms with van der Waals surface area (Å²) in [5.74, 6) is -0.532. The molecular formula is C20H14N4O6. The van der Waals surface area contributed by atoms with Gasteiger partial charge in [0.1, 0.15) is 0 Å². The van der Waals surface area contributed by atoms with Gasteiger partial charge < -0.3 is 14.1 Å². The smallest absolute Gasteiger partial charge is 0.339 e. The number of hydrogen-bond donors (Lipinski definition) is 1. The molecule has 10 nitrogen and oxygen atoms in total. The lowest BCUT2D eigenvalue weighted by atomic mass is 10.1. The van der Waals surface area contributed by atoms with E-state index in [1.165, 1.54) is 30.3 Å². The molecule has 150 valence electrons. The molecule has 0 unspecified atom stereocenters. The first-order valence-corrected chi connectivity index (χ1v) is 8.83. The Hall–Kier alpha value is -4.34. The van der Waals surface area contributed by atoms with E-state index in [1.54, 1.807) is 31.2 Å². The Bertz CT molecular complexity index is 1310.